The molecule has 0 amide bonds. The van der Waals surface area contributed by atoms with Crippen molar-refractivity contribution in [3.8, 4) is 0 Å². The average molecular weight is 445 g/mol. The molecule has 0 aliphatic heterocycles. The fourth-order valence-electron chi connectivity index (χ4n) is 6.29. The molecule has 32 heavy (non-hydrogen) atoms. The Hall–Kier alpha value is -1.20. The lowest BCUT2D eigenvalue weighted by Crippen LogP contribution is -2.46. The van der Waals surface area contributed by atoms with E-state index in [1.807, 2.05) is 0 Å². The van der Waals surface area contributed by atoms with Crippen molar-refractivity contribution in [1.29, 1.82) is 0 Å². The zero-order chi connectivity index (χ0) is 23.9. The van der Waals surface area contributed by atoms with Crippen LogP contribution in [-0.4, -0.2) is 43.8 Å². The van der Waals surface area contributed by atoms with E-state index in [-0.39, 0.29) is 5.41 Å². The lowest BCUT2D eigenvalue weighted by atomic mass is 9.61. The second-order valence-corrected chi connectivity index (χ2v) is 11.6. The van der Waals surface area contributed by atoms with E-state index < -0.39 is 23.4 Å². The molecule has 0 saturated heterocycles. The summed E-state index contributed by atoms with van der Waals surface area (Å²) in [6.07, 6.45) is 13.8. The summed E-state index contributed by atoms with van der Waals surface area (Å²) in [5.74, 6) is 1.39. The molecule has 0 aromatic carbocycles. The summed E-state index contributed by atoms with van der Waals surface area (Å²) in [6.45, 7) is 13.7. The Morgan fingerprint density at radius 3 is 2.47 bits per heavy atom. The highest BCUT2D eigenvalue weighted by Gasteiger charge is 2.50. The molecule has 3 rings (SSSR count). The Balaban J connectivity index is 1.78. The molecule has 4 N–H and O–H groups in total. The molecule has 0 aromatic heterocycles. The van der Waals surface area contributed by atoms with Gasteiger partial charge in [0.05, 0.1) is 17.8 Å². The number of rotatable bonds is 5. The Morgan fingerprint density at radius 1 is 1.12 bits per heavy atom. The smallest absolute Gasteiger partial charge is 0.108 e. The van der Waals surface area contributed by atoms with Crippen LogP contribution in [0.1, 0.15) is 79.6 Å². The second kappa shape index (κ2) is 9.21. The second-order valence-electron chi connectivity index (χ2n) is 11.6. The van der Waals surface area contributed by atoms with Gasteiger partial charge in [-0.3, -0.25) is 0 Å². The van der Waals surface area contributed by atoms with Crippen molar-refractivity contribution < 1.29 is 20.4 Å². The van der Waals surface area contributed by atoms with Crippen molar-refractivity contribution in [2.75, 3.05) is 0 Å². The molecule has 0 aromatic rings. The SMILES string of the molecule is C=C1/C(=C\C=C2/CCC[C@@]3(C)C2CC[C@@H]3[C@H](C)/C=C/C(C)(O)C(C)(C)O)C[C@@H](O)C[C@@H]1O. The van der Waals surface area contributed by atoms with Crippen LogP contribution >= 0.6 is 0 Å². The first-order valence-corrected chi connectivity index (χ1v) is 12.4. The molecule has 3 saturated carbocycles. The molecule has 0 spiro atoms. The van der Waals surface area contributed by atoms with Crippen LogP contribution in [0.3, 0.4) is 0 Å². The summed E-state index contributed by atoms with van der Waals surface area (Å²) >= 11 is 0. The number of aliphatic hydroxyl groups is 4. The van der Waals surface area contributed by atoms with Crippen molar-refractivity contribution in [1.82, 2.24) is 0 Å². The van der Waals surface area contributed by atoms with E-state index in [9.17, 15) is 20.4 Å². The van der Waals surface area contributed by atoms with Crippen LogP contribution in [0.4, 0.5) is 0 Å². The van der Waals surface area contributed by atoms with Gasteiger partial charge in [-0.25, -0.2) is 0 Å². The van der Waals surface area contributed by atoms with Gasteiger partial charge in [-0.2, -0.15) is 0 Å². The van der Waals surface area contributed by atoms with Crippen LogP contribution in [0.2, 0.25) is 0 Å². The highest BCUT2D eigenvalue weighted by molar-refractivity contribution is 5.38. The molecule has 0 bridgehead atoms. The van der Waals surface area contributed by atoms with Crippen molar-refractivity contribution >= 4 is 0 Å². The summed E-state index contributed by atoms with van der Waals surface area (Å²) < 4.78 is 0. The van der Waals surface area contributed by atoms with E-state index in [1.54, 1.807) is 26.8 Å². The van der Waals surface area contributed by atoms with E-state index in [2.05, 4.69) is 38.7 Å². The molecule has 3 aliphatic rings. The van der Waals surface area contributed by atoms with Gasteiger partial charge in [-0.1, -0.05) is 50.3 Å². The maximum absolute atomic E-state index is 10.6. The zero-order valence-corrected chi connectivity index (χ0v) is 20.6. The third-order valence-electron chi connectivity index (χ3n) is 8.90. The number of allylic oxidation sites excluding steroid dienone is 4. The molecule has 4 heteroatoms. The summed E-state index contributed by atoms with van der Waals surface area (Å²) in [7, 11) is 0. The van der Waals surface area contributed by atoms with Gasteiger partial charge in [0.15, 0.2) is 0 Å². The molecular formula is C28H44O4. The fourth-order valence-corrected chi connectivity index (χ4v) is 6.29. The maximum Gasteiger partial charge on any atom is 0.108 e. The van der Waals surface area contributed by atoms with Gasteiger partial charge < -0.3 is 20.4 Å². The summed E-state index contributed by atoms with van der Waals surface area (Å²) in [5.41, 5.74) is 0.958. The first-order chi connectivity index (χ1) is 14.8. The van der Waals surface area contributed by atoms with Gasteiger partial charge >= 0.3 is 0 Å². The Labute approximate surface area is 194 Å². The quantitative estimate of drug-likeness (QED) is 0.457. The summed E-state index contributed by atoms with van der Waals surface area (Å²) in [6, 6.07) is 0. The van der Waals surface area contributed by atoms with Gasteiger partial charge in [0.25, 0.3) is 0 Å². The molecule has 4 nitrogen and oxygen atoms in total. The van der Waals surface area contributed by atoms with E-state index in [0.29, 0.717) is 30.6 Å². The van der Waals surface area contributed by atoms with Crippen molar-refractivity contribution in [3.63, 3.8) is 0 Å². The Kier molecular flexibility index (Phi) is 7.32. The first-order valence-electron chi connectivity index (χ1n) is 12.4. The lowest BCUT2D eigenvalue weighted by Gasteiger charge is -2.44. The predicted octanol–water partition coefficient (Wildman–Crippen LogP) is 4.84. The van der Waals surface area contributed by atoms with E-state index in [4.69, 9.17) is 0 Å². The van der Waals surface area contributed by atoms with Gasteiger partial charge in [-0.05, 0) is 93.6 Å². The van der Waals surface area contributed by atoms with Crippen LogP contribution in [0.5, 0.6) is 0 Å². The van der Waals surface area contributed by atoms with Crippen molar-refractivity contribution in [2.24, 2.45) is 23.2 Å². The van der Waals surface area contributed by atoms with E-state index >= 15 is 0 Å². The number of hydrogen-bond donors (Lipinski definition) is 4. The maximum atomic E-state index is 10.6. The summed E-state index contributed by atoms with van der Waals surface area (Å²) in [5, 5.41) is 41.1. The molecule has 0 radical (unpaired) electrons. The standard InChI is InChI=1S/C28H44O4/c1-18(13-15-28(6,32)26(3,4)31)23-11-12-24-20(8-7-14-27(23,24)5)9-10-21-16-22(29)17-25(30)19(21)2/h9-10,13,15,18,22-25,29-32H,2,7-8,11-12,14,16-17H2,1,3-6H3/b15-13+,20-9+,21-10-/t18-,22-,23-,24?,25+,27-,28?/m1/s1. The Bertz CT molecular complexity index is 797. The van der Waals surface area contributed by atoms with Crippen molar-refractivity contribution in [2.45, 2.75) is 103 Å². The minimum Gasteiger partial charge on any atom is -0.393 e. The van der Waals surface area contributed by atoms with Crippen LogP contribution in [0.15, 0.2) is 47.6 Å². The monoisotopic (exact) mass is 444 g/mol. The minimum atomic E-state index is -1.26. The molecule has 2 unspecified atom stereocenters. The highest BCUT2D eigenvalue weighted by atomic mass is 16.3. The zero-order valence-electron chi connectivity index (χ0n) is 20.6. The third kappa shape index (κ3) is 4.99. The largest absolute Gasteiger partial charge is 0.393 e. The molecule has 7 atom stereocenters. The number of fused-ring (bicyclic) bond motifs is 1. The number of aliphatic hydroxyl groups excluding tert-OH is 2. The van der Waals surface area contributed by atoms with Crippen LogP contribution in [0, 0.1) is 23.2 Å². The molecule has 3 aliphatic carbocycles. The molecule has 3 fully saturated rings. The first kappa shape index (κ1) is 25.4. The normalized spacial score (nSPS) is 39.5. The minimum absolute atomic E-state index is 0.218. The third-order valence-corrected chi connectivity index (χ3v) is 8.90. The average Bonchev–Trinajstić information content (AvgIpc) is 3.04. The fraction of sp³-hybridized carbons (Fsp3) is 0.714. The van der Waals surface area contributed by atoms with Gasteiger partial charge in [0.1, 0.15) is 5.60 Å². The van der Waals surface area contributed by atoms with Crippen LogP contribution in [-0.2, 0) is 0 Å². The molecule has 180 valence electrons. The van der Waals surface area contributed by atoms with E-state index in [0.717, 1.165) is 24.0 Å². The lowest BCUT2D eigenvalue weighted by molar-refractivity contribution is -0.0886. The molecule has 0 heterocycles. The Morgan fingerprint density at radius 2 is 1.81 bits per heavy atom. The van der Waals surface area contributed by atoms with Crippen LogP contribution < -0.4 is 0 Å². The van der Waals surface area contributed by atoms with Gasteiger partial charge in [-0.15, -0.1) is 0 Å². The number of hydrogen-bond acceptors (Lipinski definition) is 4. The topological polar surface area (TPSA) is 80.9 Å². The van der Waals surface area contributed by atoms with Gasteiger partial charge in [0, 0.05) is 6.42 Å². The van der Waals surface area contributed by atoms with E-state index in [1.165, 1.54) is 24.8 Å². The molecular weight excluding hydrogens is 400 g/mol. The van der Waals surface area contributed by atoms with Crippen molar-refractivity contribution in [3.05, 3.63) is 47.6 Å². The van der Waals surface area contributed by atoms with Gasteiger partial charge in [0.2, 0.25) is 0 Å². The highest BCUT2D eigenvalue weighted by Crippen LogP contribution is 2.59. The predicted molar refractivity (Wildman–Crippen MR) is 130 cm³/mol. The van der Waals surface area contributed by atoms with Crippen LogP contribution in [0.25, 0.3) is 0 Å². The summed E-state index contributed by atoms with van der Waals surface area (Å²) in [4.78, 5) is 0.